The summed E-state index contributed by atoms with van der Waals surface area (Å²) in [7, 11) is 0. The molecular weight excluding hydrogens is 863 g/mol. The van der Waals surface area contributed by atoms with Crippen LogP contribution < -0.4 is 5.32 Å². The summed E-state index contributed by atoms with van der Waals surface area (Å²) in [6.45, 7) is 4.88. The highest BCUT2D eigenvalue weighted by atomic mass is 16.5. The van der Waals surface area contributed by atoms with Crippen LogP contribution in [-0.2, 0) is 14.3 Å². The third-order valence-corrected chi connectivity index (χ3v) is 14.1. The van der Waals surface area contributed by atoms with E-state index in [-0.39, 0.29) is 18.5 Å². The Balaban J connectivity index is 3.48. The van der Waals surface area contributed by atoms with Gasteiger partial charge in [-0.05, 0) is 89.9 Å². The zero-order valence-electron chi connectivity index (χ0n) is 46.7. The lowest BCUT2D eigenvalue weighted by molar-refractivity contribution is -0.143. The van der Waals surface area contributed by atoms with Crippen molar-refractivity contribution in [3.63, 3.8) is 0 Å². The molecule has 0 rings (SSSR count). The van der Waals surface area contributed by atoms with Crippen molar-refractivity contribution in [2.75, 3.05) is 13.2 Å². The first-order valence-corrected chi connectivity index (χ1v) is 30.9. The number of allylic oxidation sites excluding steroid dienone is 7. The van der Waals surface area contributed by atoms with Crippen molar-refractivity contribution >= 4 is 11.9 Å². The Morgan fingerprint density at radius 2 is 0.714 bits per heavy atom. The number of hydrogen-bond acceptors (Lipinski definition) is 5. The smallest absolute Gasteiger partial charge is 0.305 e. The van der Waals surface area contributed by atoms with E-state index in [1.807, 2.05) is 6.08 Å². The van der Waals surface area contributed by atoms with E-state index in [9.17, 15) is 19.8 Å². The number of ether oxygens (including phenoxy) is 1. The predicted molar refractivity (Wildman–Crippen MR) is 306 cm³/mol. The quantitative estimate of drug-likeness (QED) is 0.0321. The van der Waals surface area contributed by atoms with Crippen LogP contribution in [0.5, 0.6) is 0 Å². The molecule has 0 aliphatic carbocycles. The molecule has 1 amide bonds. The Labute approximate surface area is 436 Å². The molecule has 0 saturated heterocycles. The molecule has 0 spiro atoms. The van der Waals surface area contributed by atoms with Gasteiger partial charge in [0.25, 0.3) is 0 Å². The van der Waals surface area contributed by atoms with Crippen molar-refractivity contribution in [1.82, 2.24) is 5.32 Å². The monoisotopic (exact) mass is 982 g/mol. The minimum Gasteiger partial charge on any atom is -0.466 e. The molecule has 0 bridgehead atoms. The van der Waals surface area contributed by atoms with Crippen LogP contribution in [0.3, 0.4) is 0 Å². The van der Waals surface area contributed by atoms with Gasteiger partial charge < -0.3 is 20.3 Å². The molecule has 0 saturated carbocycles. The van der Waals surface area contributed by atoms with Crippen LogP contribution in [0.2, 0.25) is 0 Å². The number of nitrogens with one attached hydrogen (secondary N) is 1. The Morgan fingerprint density at radius 3 is 1.11 bits per heavy atom. The summed E-state index contributed by atoms with van der Waals surface area (Å²) < 4.78 is 5.47. The lowest BCUT2D eigenvalue weighted by Gasteiger charge is -2.20. The molecule has 6 heteroatoms. The molecule has 410 valence electrons. The molecule has 70 heavy (non-hydrogen) atoms. The van der Waals surface area contributed by atoms with Gasteiger partial charge in [-0.15, -0.1) is 0 Å². The Morgan fingerprint density at radius 1 is 0.400 bits per heavy atom. The predicted octanol–water partition coefficient (Wildman–Crippen LogP) is 19.4. The largest absolute Gasteiger partial charge is 0.466 e. The van der Waals surface area contributed by atoms with E-state index in [2.05, 4.69) is 55.6 Å². The highest BCUT2D eigenvalue weighted by Gasteiger charge is 2.18. The lowest BCUT2D eigenvalue weighted by atomic mass is 10.0. The number of esters is 1. The number of hydrogen-bond donors (Lipinski definition) is 3. The molecule has 3 N–H and O–H groups in total. The third kappa shape index (κ3) is 55.1. The van der Waals surface area contributed by atoms with Crippen LogP contribution in [-0.4, -0.2) is 47.4 Å². The summed E-state index contributed by atoms with van der Waals surface area (Å²) in [6.07, 6.45) is 75.7. The van der Waals surface area contributed by atoms with Gasteiger partial charge in [0.15, 0.2) is 0 Å². The molecule has 0 heterocycles. The van der Waals surface area contributed by atoms with Crippen LogP contribution in [0.25, 0.3) is 0 Å². The van der Waals surface area contributed by atoms with Crippen molar-refractivity contribution in [2.45, 2.75) is 334 Å². The lowest BCUT2D eigenvalue weighted by Crippen LogP contribution is -2.45. The molecule has 0 aromatic carbocycles. The number of unbranched alkanes of at least 4 members (excludes halogenated alkanes) is 40. The van der Waals surface area contributed by atoms with Gasteiger partial charge in [0.05, 0.1) is 25.4 Å². The fraction of sp³-hybridized carbons (Fsp3) is 0.844. The minimum atomic E-state index is -0.852. The van der Waals surface area contributed by atoms with Crippen LogP contribution in [0.4, 0.5) is 0 Å². The Kier molecular flexibility index (Phi) is 57.5. The zero-order valence-corrected chi connectivity index (χ0v) is 46.7. The fourth-order valence-electron chi connectivity index (χ4n) is 9.31. The third-order valence-electron chi connectivity index (χ3n) is 14.1. The Bertz CT molecular complexity index is 1180. The second-order valence-electron chi connectivity index (χ2n) is 21.0. The van der Waals surface area contributed by atoms with Gasteiger partial charge in [0.2, 0.25) is 5.91 Å². The van der Waals surface area contributed by atoms with Crippen LogP contribution in [0.1, 0.15) is 322 Å². The van der Waals surface area contributed by atoms with Crippen molar-refractivity contribution in [1.29, 1.82) is 0 Å². The van der Waals surface area contributed by atoms with Crippen molar-refractivity contribution in [3.05, 3.63) is 48.6 Å². The highest BCUT2D eigenvalue weighted by molar-refractivity contribution is 5.76. The van der Waals surface area contributed by atoms with E-state index in [0.717, 1.165) is 64.2 Å². The molecule has 0 aromatic heterocycles. The standard InChI is InChI=1S/C64H119NO5/c1-3-5-7-9-11-13-15-17-19-21-25-28-32-36-40-44-48-52-56-62(67)61(60-66)65-63(68)57-53-49-45-41-37-33-29-26-23-22-24-27-31-35-39-43-47-51-55-59-70-64(69)58-54-50-46-42-38-34-30-20-18-16-14-12-10-8-6-4-2/h14,16,20,22-23,30,52,56,61-62,66-67H,3-13,15,17-19,21,24-29,31-51,53-55,57-60H2,1-2H3,(H,65,68)/b16-14-,23-22-,30-20-,56-52+. The molecule has 6 nitrogen and oxygen atoms in total. The molecule has 0 radical (unpaired) electrons. The van der Waals surface area contributed by atoms with Crippen molar-refractivity contribution < 1.29 is 24.5 Å². The van der Waals surface area contributed by atoms with Crippen LogP contribution in [0, 0.1) is 0 Å². The van der Waals surface area contributed by atoms with Gasteiger partial charge in [-0.25, -0.2) is 0 Å². The number of aliphatic hydroxyl groups is 2. The summed E-state index contributed by atoms with van der Waals surface area (Å²) in [4.78, 5) is 24.5. The average molecular weight is 983 g/mol. The molecule has 0 aliphatic heterocycles. The second kappa shape index (κ2) is 59.4. The number of aliphatic hydroxyl groups excluding tert-OH is 2. The first-order valence-electron chi connectivity index (χ1n) is 30.9. The Hall–Kier alpha value is -2.18. The van der Waals surface area contributed by atoms with E-state index < -0.39 is 12.1 Å². The van der Waals surface area contributed by atoms with Gasteiger partial charge in [-0.2, -0.15) is 0 Å². The van der Waals surface area contributed by atoms with Gasteiger partial charge in [-0.1, -0.05) is 268 Å². The van der Waals surface area contributed by atoms with Crippen molar-refractivity contribution in [3.8, 4) is 0 Å². The molecule has 2 unspecified atom stereocenters. The number of carbonyl (C=O) groups is 2. The van der Waals surface area contributed by atoms with E-state index in [4.69, 9.17) is 4.74 Å². The summed E-state index contributed by atoms with van der Waals surface area (Å²) in [5.41, 5.74) is 0. The van der Waals surface area contributed by atoms with E-state index in [1.165, 1.54) is 231 Å². The molecule has 0 aromatic rings. The topological polar surface area (TPSA) is 95.9 Å². The summed E-state index contributed by atoms with van der Waals surface area (Å²) >= 11 is 0. The summed E-state index contributed by atoms with van der Waals surface area (Å²) in [5, 5.41) is 23.2. The average Bonchev–Trinajstić information content (AvgIpc) is 3.36. The molecule has 0 aliphatic rings. The summed E-state index contributed by atoms with van der Waals surface area (Å²) in [5.74, 6) is -0.0872. The van der Waals surface area contributed by atoms with E-state index in [0.29, 0.717) is 19.4 Å². The molecular formula is C64H119NO5. The second-order valence-corrected chi connectivity index (χ2v) is 21.0. The minimum absolute atomic E-state index is 0.0105. The zero-order chi connectivity index (χ0) is 50.7. The number of amides is 1. The highest BCUT2D eigenvalue weighted by Crippen LogP contribution is 2.16. The molecule has 2 atom stereocenters. The first-order chi connectivity index (χ1) is 34.5. The maximum absolute atomic E-state index is 12.5. The normalized spacial score (nSPS) is 12.9. The number of rotatable bonds is 57. The summed E-state index contributed by atoms with van der Waals surface area (Å²) in [6, 6.07) is -0.637. The van der Waals surface area contributed by atoms with Gasteiger partial charge in [-0.3, -0.25) is 9.59 Å². The maximum Gasteiger partial charge on any atom is 0.305 e. The first kappa shape index (κ1) is 67.8. The van der Waals surface area contributed by atoms with E-state index in [1.54, 1.807) is 6.08 Å². The maximum atomic E-state index is 12.5. The van der Waals surface area contributed by atoms with E-state index >= 15 is 0 Å². The number of carbonyl (C=O) groups excluding carboxylic acids is 2. The fourth-order valence-corrected chi connectivity index (χ4v) is 9.31. The van der Waals surface area contributed by atoms with Crippen LogP contribution >= 0.6 is 0 Å². The SMILES string of the molecule is CCCCCC/C=C\C/C=C\CCCCCCCC(=O)OCCCCCCCCCC/C=C\CCCCCCCCCC(=O)NC(CO)C(O)/C=C/CCCCCCCCCCCCCCCCCC. The van der Waals surface area contributed by atoms with Gasteiger partial charge in [0, 0.05) is 12.8 Å². The van der Waals surface area contributed by atoms with Crippen LogP contribution in [0.15, 0.2) is 48.6 Å². The molecule has 0 fully saturated rings. The van der Waals surface area contributed by atoms with Crippen molar-refractivity contribution in [2.24, 2.45) is 0 Å². The van der Waals surface area contributed by atoms with Gasteiger partial charge >= 0.3 is 5.97 Å². The van der Waals surface area contributed by atoms with Gasteiger partial charge in [0.1, 0.15) is 0 Å².